The number of ether oxygens (including phenoxy) is 2. The van der Waals surface area contributed by atoms with Crippen LogP contribution in [0.25, 0.3) is 5.69 Å². The summed E-state index contributed by atoms with van der Waals surface area (Å²) in [6.07, 6.45) is 3.15. The molecule has 0 fully saturated rings. The van der Waals surface area contributed by atoms with Gasteiger partial charge < -0.3 is 14.4 Å². The van der Waals surface area contributed by atoms with Crippen molar-refractivity contribution in [2.24, 2.45) is 0 Å². The molecule has 0 N–H and O–H groups in total. The first-order valence-corrected chi connectivity index (χ1v) is 10.3. The molecule has 1 atom stereocenters. The Balaban J connectivity index is 1.54. The Morgan fingerprint density at radius 1 is 1.24 bits per heavy atom. The van der Waals surface area contributed by atoms with Crippen LogP contribution in [0, 0.1) is 5.82 Å². The van der Waals surface area contributed by atoms with Crippen LogP contribution in [0.1, 0.15) is 10.5 Å². The van der Waals surface area contributed by atoms with Crippen molar-refractivity contribution in [2.75, 3.05) is 26.5 Å². The largest absolute Gasteiger partial charge is 0.486 e. The summed E-state index contributed by atoms with van der Waals surface area (Å²) in [5.74, 6) is 0.839. The molecular weight excluding hydrogens is 393 g/mol. The zero-order valence-corrected chi connectivity index (χ0v) is 16.9. The third kappa shape index (κ3) is 3.93. The van der Waals surface area contributed by atoms with Gasteiger partial charge in [0, 0.05) is 12.7 Å². The number of hydrogen-bond donors (Lipinski definition) is 0. The highest BCUT2D eigenvalue weighted by atomic mass is 32.2. The number of nitrogens with zero attached hydrogens (tertiary/aromatic N) is 3. The Morgan fingerprint density at radius 3 is 2.69 bits per heavy atom. The first-order chi connectivity index (χ1) is 14.1. The zero-order chi connectivity index (χ0) is 20.4. The predicted octanol–water partition coefficient (Wildman–Crippen LogP) is 3.65. The molecule has 150 valence electrons. The average molecular weight is 413 g/mol. The van der Waals surface area contributed by atoms with Gasteiger partial charge in [0.1, 0.15) is 18.1 Å². The fraction of sp³-hybridized carbons (Fsp3) is 0.238. The van der Waals surface area contributed by atoms with E-state index in [0.29, 0.717) is 41.2 Å². The van der Waals surface area contributed by atoms with Crippen LogP contribution in [0.2, 0.25) is 0 Å². The quantitative estimate of drug-likeness (QED) is 0.598. The minimum Gasteiger partial charge on any atom is -0.486 e. The number of para-hydroxylation sites is 2. The summed E-state index contributed by atoms with van der Waals surface area (Å²) >= 11 is 1.42. The molecule has 6 nitrogen and oxygen atoms in total. The molecule has 1 amide bonds. The topological polar surface area (TPSA) is 56.6 Å². The van der Waals surface area contributed by atoms with Crippen LogP contribution in [0.15, 0.2) is 59.9 Å². The summed E-state index contributed by atoms with van der Waals surface area (Å²) in [6, 6.07) is 13.4. The number of rotatable bonds is 5. The van der Waals surface area contributed by atoms with E-state index < -0.39 is 0 Å². The highest BCUT2D eigenvalue weighted by molar-refractivity contribution is 7.98. The van der Waals surface area contributed by atoms with Gasteiger partial charge in [-0.2, -0.15) is 0 Å². The van der Waals surface area contributed by atoms with E-state index in [9.17, 15) is 9.18 Å². The minimum absolute atomic E-state index is 0.204. The molecule has 2 aromatic carbocycles. The van der Waals surface area contributed by atoms with Crippen LogP contribution in [-0.4, -0.2) is 52.9 Å². The van der Waals surface area contributed by atoms with Crippen LogP contribution < -0.4 is 9.47 Å². The second-order valence-electron chi connectivity index (χ2n) is 6.63. The fourth-order valence-corrected chi connectivity index (χ4v) is 3.75. The molecule has 1 aromatic heterocycles. The number of fused-ring (bicyclic) bond motifs is 1. The molecule has 4 rings (SSSR count). The van der Waals surface area contributed by atoms with E-state index in [2.05, 4.69) is 4.98 Å². The van der Waals surface area contributed by atoms with Crippen molar-refractivity contribution in [3.05, 3.63) is 66.2 Å². The SMILES string of the molecule is CSc1ncc(C(=O)N(C)CC2COc3ccccc3O2)n1-c1ccc(F)cc1. The van der Waals surface area contributed by atoms with Crippen molar-refractivity contribution in [3.63, 3.8) is 0 Å². The molecule has 0 spiro atoms. The van der Waals surface area contributed by atoms with Crippen molar-refractivity contribution >= 4 is 17.7 Å². The van der Waals surface area contributed by atoms with Crippen LogP contribution in [0.4, 0.5) is 4.39 Å². The van der Waals surface area contributed by atoms with Gasteiger partial charge in [0.05, 0.1) is 12.7 Å². The Kier molecular flexibility index (Phi) is 5.44. The van der Waals surface area contributed by atoms with E-state index in [-0.39, 0.29) is 17.8 Å². The van der Waals surface area contributed by atoms with Gasteiger partial charge in [-0.25, -0.2) is 9.37 Å². The summed E-state index contributed by atoms with van der Waals surface area (Å²) < 4.78 is 26.8. The molecule has 0 radical (unpaired) electrons. The Morgan fingerprint density at radius 2 is 1.97 bits per heavy atom. The molecule has 2 heterocycles. The second kappa shape index (κ2) is 8.16. The first-order valence-electron chi connectivity index (χ1n) is 9.08. The number of thioether (sulfide) groups is 1. The van der Waals surface area contributed by atoms with Crippen LogP contribution in [-0.2, 0) is 0 Å². The first kappa shape index (κ1) is 19.3. The normalized spacial score (nSPS) is 15.2. The number of likely N-dealkylation sites (N-methyl/N-ethyl adjacent to an activating group) is 1. The zero-order valence-electron chi connectivity index (χ0n) is 16.0. The Labute approximate surface area is 172 Å². The highest BCUT2D eigenvalue weighted by Crippen LogP contribution is 2.31. The molecule has 0 saturated carbocycles. The molecule has 3 aromatic rings. The molecule has 1 unspecified atom stereocenters. The van der Waals surface area contributed by atoms with Crippen LogP contribution in [0.3, 0.4) is 0 Å². The number of carbonyl (C=O) groups is 1. The molecule has 1 aliphatic heterocycles. The standard InChI is InChI=1S/C21H20FN3O3S/c1-24(12-16-13-27-18-5-3-4-6-19(18)28-16)20(26)17-11-23-21(29-2)25(17)15-9-7-14(22)8-10-15/h3-11,16H,12-13H2,1-2H3. The number of carbonyl (C=O) groups excluding carboxylic acids is 1. The Bertz CT molecular complexity index is 1020. The van der Waals surface area contributed by atoms with Crippen molar-refractivity contribution in [1.82, 2.24) is 14.5 Å². The number of imidazole rings is 1. The number of hydrogen-bond acceptors (Lipinski definition) is 5. The molecular formula is C21H20FN3O3S. The second-order valence-corrected chi connectivity index (χ2v) is 7.40. The molecule has 0 aliphatic carbocycles. The lowest BCUT2D eigenvalue weighted by Gasteiger charge is -2.29. The summed E-state index contributed by atoms with van der Waals surface area (Å²) in [5, 5.41) is 0.652. The molecule has 8 heteroatoms. The van der Waals surface area contributed by atoms with E-state index in [1.54, 1.807) is 34.8 Å². The smallest absolute Gasteiger partial charge is 0.272 e. The van der Waals surface area contributed by atoms with Gasteiger partial charge in [-0.05, 0) is 42.7 Å². The van der Waals surface area contributed by atoms with E-state index in [1.807, 2.05) is 30.5 Å². The van der Waals surface area contributed by atoms with E-state index in [4.69, 9.17) is 9.47 Å². The van der Waals surface area contributed by atoms with E-state index >= 15 is 0 Å². The lowest BCUT2D eigenvalue weighted by atomic mass is 10.2. The number of amides is 1. The maximum Gasteiger partial charge on any atom is 0.272 e. The van der Waals surface area contributed by atoms with Gasteiger partial charge in [-0.1, -0.05) is 23.9 Å². The predicted molar refractivity (Wildman–Crippen MR) is 109 cm³/mol. The molecule has 1 aliphatic rings. The maximum absolute atomic E-state index is 13.3. The number of aromatic nitrogens is 2. The lowest BCUT2D eigenvalue weighted by Crippen LogP contribution is -2.42. The van der Waals surface area contributed by atoms with Crippen molar-refractivity contribution in [3.8, 4) is 17.2 Å². The maximum atomic E-state index is 13.3. The van der Waals surface area contributed by atoms with Crippen molar-refractivity contribution < 1.29 is 18.7 Å². The van der Waals surface area contributed by atoms with Gasteiger partial charge >= 0.3 is 0 Å². The lowest BCUT2D eigenvalue weighted by molar-refractivity contribution is 0.0515. The summed E-state index contributed by atoms with van der Waals surface area (Å²) in [4.78, 5) is 19.1. The summed E-state index contributed by atoms with van der Waals surface area (Å²) in [7, 11) is 1.72. The fourth-order valence-electron chi connectivity index (χ4n) is 3.21. The van der Waals surface area contributed by atoms with E-state index in [0.717, 1.165) is 0 Å². The summed E-state index contributed by atoms with van der Waals surface area (Å²) in [5.41, 5.74) is 1.08. The number of halogens is 1. The van der Waals surface area contributed by atoms with E-state index in [1.165, 1.54) is 23.9 Å². The summed E-state index contributed by atoms with van der Waals surface area (Å²) in [6.45, 7) is 0.721. The highest BCUT2D eigenvalue weighted by Gasteiger charge is 2.26. The Hall–Kier alpha value is -3.00. The van der Waals surface area contributed by atoms with Gasteiger partial charge in [0.25, 0.3) is 5.91 Å². The third-order valence-corrected chi connectivity index (χ3v) is 5.26. The van der Waals surface area contributed by atoms with Gasteiger partial charge in [0.15, 0.2) is 22.8 Å². The third-order valence-electron chi connectivity index (χ3n) is 4.61. The van der Waals surface area contributed by atoms with Crippen LogP contribution in [0.5, 0.6) is 11.5 Å². The van der Waals surface area contributed by atoms with Gasteiger partial charge in [-0.3, -0.25) is 9.36 Å². The van der Waals surface area contributed by atoms with Crippen molar-refractivity contribution in [1.29, 1.82) is 0 Å². The van der Waals surface area contributed by atoms with Crippen LogP contribution >= 0.6 is 11.8 Å². The molecule has 0 saturated heterocycles. The monoisotopic (exact) mass is 413 g/mol. The molecule has 29 heavy (non-hydrogen) atoms. The minimum atomic E-state index is -0.334. The van der Waals surface area contributed by atoms with Gasteiger partial charge in [-0.15, -0.1) is 0 Å². The molecule has 0 bridgehead atoms. The number of benzene rings is 2. The average Bonchev–Trinajstić information content (AvgIpc) is 3.17. The van der Waals surface area contributed by atoms with Crippen molar-refractivity contribution in [2.45, 2.75) is 11.3 Å². The van der Waals surface area contributed by atoms with Gasteiger partial charge in [0.2, 0.25) is 0 Å².